The molecule has 1 aliphatic heterocycles. The van der Waals surface area contributed by atoms with Gasteiger partial charge >= 0.3 is 5.97 Å². The lowest BCUT2D eigenvalue weighted by atomic mass is 10.0. The van der Waals surface area contributed by atoms with E-state index in [0.29, 0.717) is 0 Å². The molecule has 0 amide bonds. The summed E-state index contributed by atoms with van der Waals surface area (Å²) in [5.41, 5.74) is 0. The molecule has 0 aromatic carbocycles. The van der Waals surface area contributed by atoms with E-state index in [1.54, 1.807) is 0 Å². The Morgan fingerprint density at radius 3 is 2.89 bits per heavy atom. The highest BCUT2D eigenvalue weighted by molar-refractivity contribution is 7.11. The van der Waals surface area contributed by atoms with Gasteiger partial charge in [0.05, 0.1) is 7.11 Å². The molecule has 1 aromatic heterocycles. The van der Waals surface area contributed by atoms with Gasteiger partial charge < -0.3 is 4.74 Å². The Kier molecular flexibility index (Phi) is 4.78. The zero-order chi connectivity index (χ0) is 13.0. The van der Waals surface area contributed by atoms with Gasteiger partial charge in [-0.05, 0) is 37.9 Å². The number of hydrogen-bond acceptors (Lipinski definition) is 4. The van der Waals surface area contributed by atoms with Crippen molar-refractivity contribution in [2.24, 2.45) is 0 Å². The van der Waals surface area contributed by atoms with Crippen molar-refractivity contribution < 1.29 is 9.53 Å². The zero-order valence-corrected chi connectivity index (χ0v) is 12.0. The topological polar surface area (TPSA) is 29.5 Å². The first-order chi connectivity index (χ1) is 8.74. The van der Waals surface area contributed by atoms with Crippen LogP contribution >= 0.6 is 11.3 Å². The van der Waals surface area contributed by atoms with Crippen molar-refractivity contribution in [3.05, 3.63) is 21.9 Å². The third-order valence-electron chi connectivity index (χ3n) is 3.51. The average molecular weight is 267 g/mol. The van der Waals surface area contributed by atoms with Crippen LogP contribution in [0.2, 0.25) is 0 Å². The first kappa shape index (κ1) is 13.6. The highest BCUT2D eigenvalue weighted by Crippen LogP contribution is 2.24. The van der Waals surface area contributed by atoms with Crippen molar-refractivity contribution in [2.75, 3.05) is 13.7 Å². The van der Waals surface area contributed by atoms with Gasteiger partial charge in [0.15, 0.2) is 0 Å². The van der Waals surface area contributed by atoms with E-state index in [1.807, 2.05) is 11.3 Å². The number of hydrogen-bond donors (Lipinski definition) is 0. The van der Waals surface area contributed by atoms with Crippen LogP contribution in [0.1, 0.15) is 35.9 Å². The Labute approximate surface area is 113 Å². The molecule has 100 valence electrons. The van der Waals surface area contributed by atoms with E-state index in [0.717, 1.165) is 32.4 Å². The second kappa shape index (κ2) is 6.34. The number of nitrogens with zero attached hydrogens (tertiary/aromatic N) is 1. The molecule has 1 aliphatic rings. The van der Waals surface area contributed by atoms with E-state index >= 15 is 0 Å². The minimum atomic E-state index is -0.0815. The van der Waals surface area contributed by atoms with Crippen LogP contribution in [-0.4, -0.2) is 30.6 Å². The molecule has 0 unspecified atom stereocenters. The molecule has 0 saturated carbocycles. The van der Waals surface area contributed by atoms with E-state index in [-0.39, 0.29) is 12.0 Å². The van der Waals surface area contributed by atoms with Crippen LogP contribution in [0.5, 0.6) is 0 Å². The quantitative estimate of drug-likeness (QED) is 0.786. The highest BCUT2D eigenvalue weighted by atomic mass is 32.1. The number of carbonyl (C=O) groups is 1. The molecule has 2 heterocycles. The molecule has 0 bridgehead atoms. The summed E-state index contributed by atoms with van der Waals surface area (Å²) < 4.78 is 4.91. The van der Waals surface area contributed by atoms with Crippen LogP contribution < -0.4 is 0 Å². The van der Waals surface area contributed by atoms with Gasteiger partial charge in [-0.15, -0.1) is 11.3 Å². The van der Waals surface area contributed by atoms with Crippen LogP contribution in [0.25, 0.3) is 0 Å². The highest BCUT2D eigenvalue weighted by Gasteiger charge is 2.29. The first-order valence-electron chi connectivity index (χ1n) is 6.64. The summed E-state index contributed by atoms with van der Waals surface area (Å²) in [6.07, 6.45) is 4.32. The van der Waals surface area contributed by atoms with Gasteiger partial charge in [0.25, 0.3) is 0 Å². The fraction of sp³-hybridized carbons (Fsp3) is 0.643. The van der Waals surface area contributed by atoms with Crippen LogP contribution in [0.3, 0.4) is 0 Å². The van der Waals surface area contributed by atoms with Crippen molar-refractivity contribution in [1.29, 1.82) is 0 Å². The summed E-state index contributed by atoms with van der Waals surface area (Å²) in [4.78, 5) is 16.8. The zero-order valence-electron chi connectivity index (χ0n) is 11.1. The van der Waals surface area contributed by atoms with Gasteiger partial charge in [0, 0.05) is 16.3 Å². The predicted molar refractivity (Wildman–Crippen MR) is 73.8 cm³/mol. The number of esters is 1. The van der Waals surface area contributed by atoms with Gasteiger partial charge in [-0.25, -0.2) is 0 Å². The van der Waals surface area contributed by atoms with E-state index in [9.17, 15) is 4.79 Å². The molecule has 0 radical (unpaired) electrons. The van der Waals surface area contributed by atoms with Crippen molar-refractivity contribution in [1.82, 2.24) is 4.90 Å². The summed E-state index contributed by atoms with van der Waals surface area (Å²) in [5.74, 6) is -0.0815. The van der Waals surface area contributed by atoms with Gasteiger partial charge in [-0.1, -0.05) is 13.3 Å². The summed E-state index contributed by atoms with van der Waals surface area (Å²) in [5, 5.41) is 0. The normalized spacial score (nSPS) is 20.9. The maximum absolute atomic E-state index is 11.8. The van der Waals surface area contributed by atoms with Gasteiger partial charge in [0.1, 0.15) is 6.04 Å². The number of methoxy groups -OCH3 is 1. The fourth-order valence-electron chi connectivity index (χ4n) is 2.48. The molecular formula is C14H21NO2S. The monoisotopic (exact) mass is 267 g/mol. The number of thiophene rings is 1. The molecule has 1 aromatic rings. The standard InChI is InChI=1S/C14H21NO2S/c1-3-11-7-8-12(18-11)10-15-9-5-4-6-13(15)14(16)17-2/h7-8,13H,3-6,9-10H2,1-2H3/t13-/m1/s1. The van der Waals surface area contributed by atoms with E-state index < -0.39 is 0 Å². The number of piperidine rings is 1. The minimum absolute atomic E-state index is 0.0454. The lowest BCUT2D eigenvalue weighted by Gasteiger charge is -2.33. The van der Waals surface area contributed by atoms with Crippen LogP contribution in [0.4, 0.5) is 0 Å². The van der Waals surface area contributed by atoms with Gasteiger partial charge in [-0.3, -0.25) is 9.69 Å². The van der Waals surface area contributed by atoms with Gasteiger partial charge in [0.2, 0.25) is 0 Å². The van der Waals surface area contributed by atoms with Crippen LogP contribution in [-0.2, 0) is 22.5 Å². The molecule has 0 N–H and O–H groups in total. The van der Waals surface area contributed by atoms with Crippen molar-refractivity contribution in [3.63, 3.8) is 0 Å². The molecule has 1 fully saturated rings. The molecule has 1 saturated heterocycles. The Hall–Kier alpha value is -0.870. The molecule has 0 aliphatic carbocycles. The molecule has 18 heavy (non-hydrogen) atoms. The smallest absolute Gasteiger partial charge is 0.323 e. The minimum Gasteiger partial charge on any atom is -0.468 e. The SMILES string of the molecule is CCc1ccc(CN2CCCC[C@@H]2C(=O)OC)s1. The van der Waals surface area contributed by atoms with Crippen LogP contribution in [0, 0.1) is 0 Å². The summed E-state index contributed by atoms with van der Waals surface area (Å²) in [6.45, 7) is 4.05. The Bertz CT molecular complexity index is 402. The molecule has 1 atom stereocenters. The summed E-state index contributed by atoms with van der Waals surface area (Å²) in [6, 6.07) is 4.33. The lowest BCUT2D eigenvalue weighted by molar-refractivity contribution is -0.148. The lowest BCUT2D eigenvalue weighted by Crippen LogP contribution is -2.44. The second-order valence-electron chi connectivity index (χ2n) is 4.73. The Morgan fingerprint density at radius 2 is 2.22 bits per heavy atom. The van der Waals surface area contributed by atoms with Crippen molar-refractivity contribution >= 4 is 17.3 Å². The van der Waals surface area contributed by atoms with E-state index in [1.165, 1.54) is 23.3 Å². The fourth-order valence-corrected chi connectivity index (χ4v) is 3.46. The second-order valence-corrected chi connectivity index (χ2v) is 5.98. The molecule has 3 nitrogen and oxygen atoms in total. The van der Waals surface area contributed by atoms with Crippen molar-refractivity contribution in [2.45, 2.75) is 45.2 Å². The molecular weight excluding hydrogens is 246 g/mol. The summed E-state index contributed by atoms with van der Waals surface area (Å²) in [7, 11) is 1.48. The first-order valence-corrected chi connectivity index (χ1v) is 7.45. The Balaban J connectivity index is 2.02. The molecule has 4 heteroatoms. The largest absolute Gasteiger partial charge is 0.468 e. The maximum Gasteiger partial charge on any atom is 0.323 e. The number of carbonyl (C=O) groups excluding carboxylic acids is 1. The maximum atomic E-state index is 11.8. The van der Waals surface area contributed by atoms with Crippen LogP contribution in [0.15, 0.2) is 12.1 Å². The van der Waals surface area contributed by atoms with Gasteiger partial charge in [-0.2, -0.15) is 0 Å². The third-order valence-corrected chi connectivity index (χ3v) is 4.73. The molecule has 0 spiro atoms. The third kappa shape index (κ3) is 3.12. The van der Waals surface area contributed by atoms with E-state index in [2.05, 4.69) is 24.0 Å². The number of aryl methyl sites for hydroxylation is 1. The average Bonchev–Trinajstić information content (AvgIpc) is 2.86. The number of likely N-dealkylation sites (tertiary alicyclic amines) is 1. The predicted octanol–water partition coefficient (Wildman–Crippen LogP) is 2.84. The number of rotatable bonds is 4. The molecule has 2 rings (SSSR count). The Morgan fingerprint density at radius 1 is 1.44 bits per heavy atom. The number of ether oxygens (including phenoxy) is 1. The van der Waals surface area contributed by atoms with Crippen molar-refractivity contribution in [3.8, 4) is 0 Å². The summed E-state index contributed by atoms with van der Waals surface area (Å²) >= 11 is 1.85. The van der Waals surface area contributed by atoms with E-state index in [4.69, 9.17) is 4.74 Å².